The van der Waals surface area contributed by atoms with Crippen LogP contribution in [0.4, 0.5) is 4.39 Å². The molecular formula is C18H22FN3O2. The molecular weight excluding hydrogens is 309 g/mol. The predicted octanol–water partition coefficient (Wildman–Crippen LogP) is 2.82. The first-order chi connectivity index (χ1) is 11.5. The van der Waals surface area contributed by atoms with E-state index in [1.807, 2.05) is 27.0 Å². The maximum Gasteiger partial charge on any atom is 0.226 e. The quantitative estimate of drug-likeness (QED) is 0.937. The Hall–Kier alpha value is -2.21. The molecule has 0 saturated carbocycles. The molecule has 2 aromatic rings. The molecule has 1 amide bonds. The second kappa shape index (κ2) is 6.73. The Kier molecular flexibility index (Phi) is 4.66. The van der Waals surface area contributed by atoms with Gasteiger partial charge in [0.25, 0.3) is 0 Å². The van der Waals surface area contributed by atoms with Crippen LogP contribution >= 0.6 is 0 Å². The summed E-state index contributed by atoms with van der Waals surface area (Å²) < 4.78 is 20.8. The summed E-state index contributed by atoms with van der Waals surface area (Å²) >= 11 is 0. The van der Waals surface area contributed by atoms with Crippen LogP contribution in [0.3, 0.4) is 0 Å². The zero-order valence-corrected chi connectivity index (χ0v) is 14.1. The zero-order valence-electron chi connectivity index (χ0n) is 14.1. The van der Waals surface area contributed by atoms with Gasteiger partial charge in [0, 0.05) is 19.9 Å². The summed E-state index contributed by atoms with van der Waals surface area (Å²) in [5, 5.41) is 7.19. The van der Waals surface area contributed by atoms with Crippen molar-refractivity contribution in [3.8, 4) is 0 Å². The van der Waals surface area contributed by atoms with Crippen molar-refractivity contribution < 1.29 is 13.9 Å². The summed E-state index contributed by atoms with van der Waals surface area (Å²) in [4.78, 5) is 12.7. The number of nitrogens with zero attached hydrogens (tertiary/aromatic N) is 2. The second-order valence-electron chi connectivity index (χ2n) is 6.30. The summed E-state index contributed by atoms with van der Waals surface area (Å²) in [5.74, 6) is -0.561. The molecule has 1 N–H and O–H groups in total. The summed E-state index contributed by atoms with van der Waals surface area (Å²) in [6.07, 6.45) is 2.10. The van der Waals surface area contributed by atoms with Gasteiger partial charge in [0.05, 0.1) is 17.7 Å². The molecule has 0 bridgehead atoms. The van der Waals surface area contributed by atoms with Gasteiger partial charge in [0.1, 0.15) is 11.9 Å². The van der Waals surface area contributed by atoms with E-state index >= 15 is 0 Å². The van der Waals surface area contributed by atoms with Crippen molar-refractivity contribution in [1.29, 1.82) is 0 Å². The highest BCUT2D eigenvalue weighted by molar-refractivity contribution is 5.80. The van der Waals surface area contributed by atoms with Crippen LogP contribution in [-0.2, 0) is 16.6 Å². The second-order valence-corrected chi connectivity index (χ2v) is 6.30. The average molecular weight is 331 g/mol. The number of benzene rings is 1. The van der Waals surface area contributed by atoms with Crippen LogP contribution < -0.4 is 5.32 Å². The minimum atomic E-state index is -0.279. The number of carbonyl (C=O) groups excluding carboxylic acids is 1. The Bertz CT molecular complexity index is 744. The van der Waals surface area contributed by atoms with E-state index in [1.54, 1.807) is 16.9 Å². The summed E-state index contributed by atoms with van der Waals surface area (Å²) in [6.45, 7) is 4.31. The highest BCUT2D eigenvalue weighted by atomic mass is 19.1. The lowest BCUT2D eigenvalue weighted by Gasteiger charge is -2.22. The van der Waals surface area contributed by atoms with Crippen molar-refractivity contribution in [2.45, 2.75) is 32.4 Å². The van der Waals surface area contributed by atoms with Crippen molar-refractivity contribution in [2.75, 3.05) is 6.61 Å². The number of hydrogen-bond donors (Lipinski definition) is 1. The fraction of sp³-hybridized carbons (Fsp3) is 0.444. The molecule has 3 rings (SSSR count). The molecule has 5 nitrogen and oxygen atoms in total. The molecule has 128 valence electrons. The van der Waals surface area contributed by atoms with Gasteiger partial charge in [0.15, 0.2) is 0 Å². The smallest absolute Gasteiger partial charge is 0.226 e. The molecule has 0 aliphatic carbocycles. The van der Waals surface area contributed by atoms with Gasteiger partial charge in [-0.05, 0) is 49.6 Å². The number of rotatable bonds is 4. The lowest BCUT2D eigenvalue weighted by atomic mass is 9.96. The zero-order chi connectivity index (χ0) is 17.3. The first-order valence-electron chi connectivity index (χ1n) is 8.13. The highest BCUT2D eigenvalue weighted by Gasteiger charge is 2.37. The van der Waals surface area contributed by atoms with Crippen LogP contribution in [0.5, 0.6) is 0 Å². The summed E-state index contributed by atoms with van der Waals surface area (Å²) in [6, 6.07) is 6.31. The first-order valence-corrected chi connectivity index (χ1v) is 8.13. The van der Waals surface area contributed by atoms with Crippen molar-refractivity contribution in [2.24, 2.45) is 13.0 Å². The van der Waals surface area contributed by atoms with E-state index in [1.165, 1.54) is 12.1 Å². The lowest BCUT2D eigenvalue weighted by Crippen LogP contribution is -2.34. The van der Waals surface area contributed by atoms with Crippen LogP contribution in [0.25, 0.3) is 0 Å². The van der Waals surface area contributed by atoms with E-state index in [2.05, 4.69) is 10.4 Å². The Morgan fingerprint density at radius 2 is 2.25 bits per heavy atom. The molecule has 0 unspecified atom stereocenters. The van der Waals surface area contributed by atoms with Gasteiger partial charge in [0.2, 0.25) is 5.91 Å². The van der Waals surface area contributed by atoms with Gasteiger partial charge < -0.3 is 10.1 Å². The number of amides is 1. The lowest BCUT2D eigenvalue weighted by molar-refractivity contribution is -0.127. The van der Waals surface area contributed by atoms with Gasteiger partial charge >= 0.3 is 0 Å². The third-order valence-electron chi connectivity index (χ3n) is 4.64. The summed E-state index contributed by atoms with van der Waals surface area (Å²) in [7, 11) is 1.84. The Morgan fingerprint density at radius 1 is 1.46 bits per heavy atom. The van der Waals surface area contributed by atoms with Crippen LogP contribution in [-0.4, -0.2) is 22.3 Å². The third kappa shape index (κ3) is 3.19. The van der Waals surface area contributed by atoms with Gasteiger partial charge in [-0.25, -0.2) is 4.39 Å². The molecule has 1 aliphatic rings. The number of aryl methyl sites for hydroxylation is 2. The van der Waals surface area contributed by atoms with Gasteiger partial charge in [-0.3, -0.25) is 9.48 Å². The molecule has 24 heavy (non-hydrogen) atoms. The topological polar surface area (TPSA) is 56.1 Å². The minimum Gasteiger partial charge on any atom is -0.371 e. The van der Waals surface area contributed by atoms with E-state index in [4.69, 9.17) is 4.74 Å². The Balaban J connectivity index is 1.73. The third-order valence-corrected chi connectivity index (χ3v) is 4.64. The first kappa shape index (κ1) is 16.6. The predicted molar refractivity (Wildman–Crippen MR) is 87.7 cm³/mol. The van der Waals surface area contributed by atoms with Crippen molar-refractivity contribution in [3.63, 3.8) is 0 Å². The van der Waals surface area contributed by atoms with E-state index in [0.29, 0.717) is 13.0 Å². The van der Waals surface area contributed by atoms with E-state index in [0.717, 1.165) is 16.8 Å². The number of ether oxygens (including phenoxy) is 1. The van der Waals surface area contributed by atoms with Crippen LogP contribution in [0.15, 0.2) is 30.5 Å². The van der Waals surface area contributed by atoms with Gasteiger partial charge in [-0.1, -0.05) is 6.07 Å². The molecule has 0 radical (unpaired) electrons. The molecule has 1 aliphatic heterocycles. The number of hydrogen-bond acceptors (Lipinski definition) is 3. The van der Waals surface area contributed by atoms with Crippen molar-refractivity contribution in [1.82, 2.24) is 15.1 Å². The number of halogens is 1. The maximum absolute atomic E-state index is 13.3. The monoisotopic (exact) mass is 331 g/mol. The summed E-state index contributed by atoms with van der Waals surface area (Å²) in [5.41, 5.74) is 2.65. The largest absolute Gasteiger partial charge is 0.371 e. The molecule has 1 aromatic carbocycles. The highest BCUT2D eigenvalue weighted by Crippen LogP contribution is 2.34. The molecule has 3 atom stereocenters. The molecule has 1 fully saturated rings. The van der Waals surface area contributed by atoms with Crippen molar-refractivity contribution in [3.05, 3.63) is 53.1 Å². The van der Waals surface area contributed by atoms with Crippen LogP contribution in [0.1, 0.15) is 42.3 Å². The Labute approximate surface area is 140 Å². The van der Waals surface area contributed by atoms with E-state index in [9.17, 15) is 9.18 Å². The van der Waals surface area contributed by atoms with Crippen LogP contribution in [0, 0.1) is 18.7 Å². The average Bonchev–Trinajstić information content (AvgIpc) is 3.15. The van der Waals surface area contributed by atoms with Gasteiger partial charge in [-0.15, -0.1) is 0 Å². The maximum atomic E-state index is 13.3. The standard InChI is InChI=1S/C18H22FN3O2/c1-11-10-13(19)4-5-14(11)12(2)21-18(23)15-7-9-24-17(15)16-6-8-20-22(16)3/h4-6,8,10,12,15,17H,7,9H2,1-3H3,(H,21,23)/t12-,15+,17+/m0/s1. The number of carbonyl (C=O) groups is 1. The number of aromatic nitrogens is 2. The van der Waals surface area contributed by atoms with Crippen molar-refractivity contribution >= 4 is 5.91 Å². The minimum absolute atomic E-state index is 0.0464. The fourth-order valence-electron chi connectivity index (χ4n) is 3.34. The number of nitrogens with one attached hydrogen (secondary N) is 1. The van der Waals surface area contributed by atoms with Crippen LogP contribution in [0.2, 0.25) is 0 Å². The molecule has 6 heteroatoms. The van der Waals surface area contributed by atoms with Gasteiger partial charge in [-0.2, -0.15) is 5.10 Å². The SMILES string of the molecule is Cc1cc(F)ccc1[C@H](C)NC(=O)[C@@H]1CCO[C@H]1c1ccnn1C. The molecule has 0 spiro atoms. The van der Waals surface area contributed by atoms with E-state index in [-0.39, 0.29) is 29.8 Å². The normalized spacial score (nSPS) is 21.7. The molecule has 2 heterocycles. The fourth-order valence-corrected chi connectivity index (χ4v) is 3.34. The molecule has 1 aromatic heterocycles. The molecule has 1 saturated heterocycles. The Morgan fingerprint density at radius 3 is 2.92 bits per heavy atom. The van der Waals surface area contributed by atoms with E-state index < -0.39 is 0 Å².